The molecule has 0 saturated heterocycles. The first kappa shape index (κ1) is 14.8. The summed E-state index contributed by atoms with van der Waals surface area (Å²) >= 11 is 12.0. The van der Waals surface area contributed by atoms with Crippen molar-refractivity contribution in [3.8, 4) is 11.5 Å². The fraction of sp³-hybridized carbons (Fsp3) is 0.143. The summed E-state index contributed by atoms with van der Waals surface area (Å²) in [5.41, 5.74) is 6.37. The first-order valence-corrected chi connectivity index (χ1v) is 6.47. The summed E-state index contributed by atoms with van der Waals surface area (Å²) < 4.78 is 24.3. The van der Waals surface area contributed by atoms with Crippen molar-refractivity contribution in [3.05, 3.63) is 51.8 Å². The van der Waals surface area contributed by atoms with Gasteiger partial charge in [0.1, 0.15) is 6.61 Å². The van der Waals surface area contributed by atoms with Crippen molar-refractivity contribution in [2.45, 2.75) is 6.61 Å². The van der Waals surface area contributed by atoms with Crippen molar-refractivity contribution in [2.75, 3.05) is 12.8 Å². The lowest BCUT2D eigenvalue weighted by Crippen LogP contribution is -2.01. The second-order valence-electron chi connectivity index (χ2n) is 4.04. The summed E-state index contributed by atoms with van der Waals surface area (Å²) in [6.45, 7) is -0.0214. The highest BCUT2D eigenvalue weighted by Gasteiger charge is 2.12. The van der Waals surface area contributed by atoms with Gasteiger partial charge in [0.15, 0.2) is 17.3 Å². The maximum atomic E-state index is 13.9. The summed E-state index contributed by atoms with van der Waals surface area (Å²) in [6.07, 6.45) is 0. The van der Waals surface area contributed by atoms with Crippen LogP contribution >= 0.6 is 23.2 Å². The van der Waals surface area contributed by atoms with Gasteiger partial charge >= 0.3 is 0 Å². The van der Waals surface area contributed by atoms with E-state index in [2.05, 4.69) is 0 Å². The lowest BCUT2D eigenvalue weighted by Gasteiger charge is -2.12. The Balaban J connectivity index is 2.21. The lowest BCUT2D eigenvalue weighted by molar-refractivity contribution is 0.296. The summed E-state index contributed by atoms with van der Waals surface area (Å²) in [5.74, 6) is -0.0527. The van der Waals surface area contributed by atoms with Crippen LogP contribution in [-0.2, 0) is 6.61 Å². The van der Waals surface area contributed by atoms with Gasteiger partial charge in [0.05, 0.1) is 17.2 Å². The first-order valence-electron chi connectivity index (χ1n) is 5.71. The minimum absolute atomic E-state index is 0.0214. The van der Waals surface area contributed by atoms with Gasteiger partial charge in [0.25, 0.3) is 0 Å². The number of ether oxygens (including phenoxy) is 2. The van der Waals surface area contributed by atoms with Crippen LogP contribution in [0.15, 0.2) is 30.3 Å². The molecule has 6 heteroatoms. The van der Waals surface area contributed by atoms with Crippen molar-refractivity contribution in [1.82, 2.24) is 0 Å². The average molecular weight is 316 g/mol. The molecule has 0 aliphatic carbocycles. The van der Waals surface area contributed by atoms with Crippen LogP contribution in [0.2, 0.25) is 10.0 Å². The molecule has 0 unspecified atom stereocenters. The van der Waals surface area contributed by atoms with E-state index < -0.39 is 5.82 Å². The molecule has 0 spiro atoms. The van der Waals surface area contributed by atoms with Crippen LogP contribution in [0.4, 0.5) is 10.1 Å². The first-order chi connectivity index (χ1) is 9.52. The number of hydrogen-bond acceptors (Lipinski definition) is 3. The minimum atomic E-state index is -0.474. The van der Waals surface area contributed by atoms with Gasteiger partial charge in [-0.25, -0.2) is 4.39 Å². The molecule has 0 saturated carbocycles. The number of benzene rings is 2. The summed E-state index contributed by atoms with van der Waals surface area (Å²) in [5, 5.41) is 0.552. The third kappa shape index (κ3) is 3.08. The van der Waals surface area contributed by atoms with Gasteiger partial charge in [-0.3, -0.25) is 0 Å². The van der Waals surface area contributed by atoms with Gasteiger partial charge in [0, 0.05) is 11.3 Å². The Labute approximate surface area is 126 Å². The molecule has 0 aromatic heterocycles. The number of hydrogen-bond donors (Lipinski definition) is 1. The Hall–Kier alpha value is -1.65. The number of halogens is 3. The van der Waals surface area contributed by atoms with E-state index in [1.165, 1.54) is 25.3 Å². The van der Waals surface area contributed by atoms with E-state index in [1.807, 2.05) is 0 Å². The second-order valence-corrected chi connectivity index (χ2v) is 4.85. The van der Waals surface area contributed by atoms with Crippen LogP contribution in [-0.4, -0.2) is 7.11 Å². The quantitative estimate of drug-likeness (QED) is 0.855. The molecular formula is C14H12Cl2FNO2. The molecule has 3 nitrogen and oxygen atoms in total. The molecule has 0 atom stereocenters. The second kappa shape index (κ2) is 6.20. The van der Waals surface area contributed by atoms with Crippen LogP contribution in [0.25, 0.3) is 0 Å². The Morgan fingerprint density at radius 2 is 1.85 bits per heavy atom. The van der Waals surface area contributed by atoms with E-state index in [4.69, 9.17) is 38.4 Å². The van der Waals surface area contributed by atoms with E-state index in [0.717, 1.165) is 0 Å². The number of rotatable bonds is 4. The van der Waals surface area contributed by atoms with Crippen molar-refractivity contribution < 1.29 is 13.9 Å². The normalized spacial score (nSPS) is 10.4. The Morgan fingerprint density at radius 3 is 2.45 bits per heavy atom. The monoisotopic (exact) mass is 315 g/mol. The zero-order valence-electron chi connectivity index (χ0n) is 10.6. The molecule has 2 aromatic carbocycles. The van der Waals surface area contributed by atoms with Gasteiger partial charge < -0.3 is 15.2 Å². The molecule has 0 bridgehead atoms. The Morgan fingerprint density at radius 1 is 1.20 bits per heavy atom. The highest BCUT2D eigenvalue weighted by atomic mass is 35.5. The zero-order chi connectivity index (χ0) is 14.7. The maximum absolute atomic E-state index is 13.9. The third-order valence-corrected chi connectivity index (χ3v) is 3.22. The van der Waals surface area contributed by atoms with E-state index in [1.54, 1.807) is 12.1 Å². The molecule has 2 aromatic rings. The topological polar surface area (TPSA) is 44.5 Å². The molecule has 20 heavy (non-hydrogen) atoms. The summed E-state index contributed by atoms with van der Waals surface area (Å²) in [4.78, 5) is 0. The highest BCUT2D eigenvalue weighted by Crippen LogP contribution is 2.35. The SMILES string of the molecule is COc1cccc(COc2c(Cl)cc(N)cc2Cl)c1F. The highest BCUT2D eigenvalue weighted by molar-refractivity contribution is 6.37. The molecule has 0 amide bonds. The van der Waals surface area contributed by atoms with Gasteiger partial charge in [0.2, 0.25) is 0 Å². The van der Waals surface area contributed by atoms with Crippen molar-refractivity contribution in [2.24, 2.45) is 0 Å². The minimum Gasteiger partial charge on any atom is -0.494 e. The van der Waals surface area contributed by atoms with Crippen molar-refractivity contribution in [1.29, 1.82) is 0 Å². The molecular weight excluding hydrogens is 304 g/mol. The number of anilines is 1. The fourth-order valence-corrected chi connectivity index (χ4v) is 2.31. The van der Waals surface area contributed by atoms with Crippen LogP contribution < -0.4 is 15.2 Å². The van der Waals surface area contributed by atoms with Crippen LogP contribution in [0.1, 0.15) is 5.56 Å². The van der Waals surface area contributed by atoms with Gasteiger partial charge in [-0.2, -0.15) is 0 Å². The largest absolute Gasteiger partial charge is 0.494 e. The van der Waals surface area contributed by atoms with Gasteiger partial charge in [-0.15, -0.1) is 0 Å². The van der Waals surface area contributed by atoms with Crippen LogP contribution in [0.3, 0.4) is 0 Å². The Kier molecular flexibility index (Phi) is 4.57. The lowest BCUT2D eigenvalue weighted by atomic mass is 10.2. The smallest absolute Gasteiger partial charge is 0.171 e. The van der Waals surface area contributed by atoms with E-state index in [-0.39, 0.29) is 28.2 Å². The standard InChI is InChI=1S/C14H12Cl2FNO2/c1-19-12-4-2-3-8(13(12)17)7-20-14-10(15)5-9(18)6-11(14)16/h2-6H,7,18H2,1H3. The van der Waals surface area contributed by atoms with E-state index in [9.17, 15) is 4.39 Å². The maximum Gasteiger partial charge on any atom is 0.171 e. The molecule has 106 valence electrons. The Bertz CT molecular complexity index is 612. The van der Waals surface area contributed by atoms with Gasteiger partial charge in [-0.1, -0.05) is 35.3 Å². The third-order valence-electron chi connectivity index (χ3n) is 2.66. The van der Waals surface area contributed by atoms with Crippen molar-refractivity contribution in [3.63, 3.8) is 0 Å². The van der Waals surface area contributed by atoms with E-state index in [0.29, 0.717) is 11.3 Å². The molecule has 0 fully saturated rings. The van der Waals surface area contributed by atoms with Crippen LogP contribution in [0.5, 0.6) is 11.5 Å². The molecule has 2 rings (SSSR count). The number of nitrogen functional groups attached to an aromatic ring is 1. The predicted molar refractivity (Wildman–Crippen MR) is 78.2 cm³/mol. The molecule has 0 radical (unpaired) electrons. The zero-order valence-corrected chi connectivity index (χ0v) is 12.1. The van der Waals surface area contributed by atoms with E-state index >= 15 is 0 Å². The molecule has 0 heterocycles. The van der Waals surface area contributed by atoms with Crippen LogP contribution in [0, 0.1) is 5.82 Å². The van der Waals surface area contributed by atoms with Gasteiger partial charge in [-0.05, 0) is 18.2 Å². The molecule has 2 N–H and O–H groups in total. The molecule has 0 aliphatic rings. The summed E-state index contributed by atoms with van der Waals surface area (Å²) in [7, 11) is 1.40. The summed E-state index contributed by atoms with van der Waals surface area (Å²) in [6, 6.07) is 7.83. The predicted octanol–water partition coefficient (Wildman–Crippen LogP) is 4.30. The average Bonchev–Trinajstić information content (AvgIpc) is 2.39. The van der Waals surface area contributed by atoms with Crippen molar-refractivity contribution >= 4 is 28.9 Å². The molecule has 0 aliphatic heterocycles. The number of nitrogens with two attached hydrogens (primary N) is 1. The number of methoxy groups -OCH3 is 1. The fourth-order valence-electron chi connectivity index (χ4n) is 1.69.